The maximum absolute atomic E-state index is 13.1. The van der Waals surface area contributed by atoms with Crippen molar-refractivity contribution >= 4 is 11.8 Å². The summed E-state index contributed by atoms with van der Waals surface area (Å²) in [6, 6.07) is 9.84. The molecule has 0 radical (unpaired) electrons. The van der Waals surface area contributed by atoms with Gasteiger partial charge in [-0.05, 0) is 37.7 Å². The number of hydrogen-bond donors (Lipinski definition) is 0. The van der Waals surface area contributed by atoms with Gasteiger partial charge in [-0.25, -0.2) is 0 Å². The Morgan fingerprint density at radius 2 is 1.75 bits per heavy atom. The molecule has 0 N–H and O–H groups in total. The molecule has 1 aromatic carbocycles. The van der Waals surface area contributed by atoms with Gasteiger partial charge in [0.15, 0.2) is 6.10 Å². The number of hydrogen-bond acceptors (Lipinski definition) is 3. The molecule has 5 nitrogen and oxygen atoms in total. The summed E-state index contributed by atoms with van der Waals surface area (Å²) in [5.74, 6) is 0.0516. The fraction of sp³-hybridized carbons (Fsp3) is 0.579. The predicted molar refractivity (Wildman–Crippen MR) is 89.2 cm³/mol. The highest BCUT2D eigenvalue weighted by Gasteiger charge is 2.48. The zero-order chi connectivity index (χ0) is 16.5. The van der Waals surface area contributed by atoms with Crippen LogP contribution in [0.25, 0.3) is 0 Å². The van der Waals surface area contributed by atoms with E-state index in [0.29, 0.717) is 0 Å². The molecule has 0 unspecified atom stereocenters. The van der Waals surface area contributed by atoms with Crippen molar-refractivity contribution < 1.29 is 14.3 Å². The number of likely N-dealkylation sites (tertiary alicyclic amines) is 1. The van der Waals surface area contributed by atoms with Crippen LogP contribution >= 0.6 is 0 Å². The summed E-state index contributed by atoms with van der Waals surface area (Å²) in [7, 11) is 0. The molecular weight excluding hydrogens is 304 g/mol. The molecule has 24 heavy (non-hydrogen) atoms. The van der Waals surface area contributed by atoms with Crippen molar-refractivity contribution in [2.24, 2.45) is 0 Å². The number of morpholine rings is 1. The summed E-state index contributed by atoms with van der Waals surface area (Å²) in [5.41, 5.74) is 0.993. The van der Waals surface area contributed by atoms with E-state index < -0.39 is 6.10 Å². The van der Waals surface area contributed by atoms with Crippen molar-refractivity contribution in [3.63, 3.8) is 0 Å². The van der Waals surface area contributed by atoms with E-state index in [-0.39, 0.29) is 30.5 Å². The van der Waals surface area contributed by atoms with Crippen molar-refractivity contribution in [3.05, 3.63) is 35.9 Å². The zero-order valence-electron chi connectivity index (χ0n) is 13.9. The Bertz CT molecular complexity index is 608. The summed E-state index contributed by atoms with van der Waals surface area (Å²) >= 11 is 0. The first-order chi connectivity index (χ1) is 11.8. The second-order valence-corrected chi connectivity index (χ2v) is 7.01. The highest BCUT2D eigenvalue weighted by atomic mass is 16.5. The van der Waals surface area contributed by atoms with Gasteiger partial charge in [-0.1, -0.05) is 30.3 Å². The Hall–Kier alpha value is -1.88. The summed E-state index contributed by atoms with van der Waals surface area (Å²) in [4.78, 5) is 29.4. The summed E-state index contributed by atoms with van der Waals surface area (Å²) in [6.45, 7) is 1.62. The van der Waals surface area contributed by atoms with Gasteiger partial charge in [0.25, 0.3) is 5.91 Å². The average Bonchev–Trinajstić information content (AvgIpc) is 3.47. The minimum atomic E-state index is -0.580. The molecular formula is C19H24N2O3. The van der Waals surface area contributed by atoms with Gasteiger partial charge in [-0.3, -0.25) is 9.59 Å². The Labute approximate surface area is 142 Å². The predicted octanol–water partition coefficient (Wildman–Crippen LogP) is 2.13. The number of piperidine rings is 1. The van der Waals surface area contributed by atoms with E-state index in [4.69, 9.17) is 4.74 Å². The summed E-state index contributed by atoms with van der Waals surface area (Å²) in [5, 5.41) is 0. The van der Waals surface area contributed by atoms with E-state index >= 15 is 0 Å². The standard InChI is InChI=1S/C19H24N2O3/c22-16-13-24-18(19(23)20-11-5-2-6-12-20)17(21(16)15-9-10-15)14-7-3-1-4-8-14/h1,3-4,7-8,15,17-18H,2,5-6,9-13H2/t17-,18+/m0/s1. The molecule has 1 saturated carbocycles. The first kappa shape index (κ1) is 15.6. The normalized spacial score (nSPS) is 28.1. The van der Waals surface area contributed by atoms with Crippen LogP contribution < -0.4 is 0 Å². The number of ether oxygens (including phenoxy) is 1. The fourth-order valence-corrected chi connectivity index (χ4v) is 3.90. The summed E-state index contributed by atoms with van der Waals surface area (Å²) in [6.07, 6.45) is 4.77. The second kappa shape index (κ2) is 6.55. The van der Waals surface area contributed by atoms with Gasteiger partial charge in [0.05, 0.1) is 6.04 Å². The van der Waals surface area contributed by atoms with Crippen LogP contribution in [0, 0.1) is 0 Å². The maximum atomic E-state index is 13.1. The number of rotatable bonds is 3. The third-order valence-electron chi connectivity index (χ3n) is 5.25. The third kappa shape index (κ3) is 2.93. The Morgan fingerprint density at radius 3 is 2.42 bits per heavy atom. The van der Waals surface area contributed by atoms with Gasteiger partial charge in [0.1, 0.15) is 6.61 Å². The zero-order valence-corrected chi connectivity index (χ0v) is 13.9. The number of carbonyl (C=O) groups excluding carboxylic acids is 2. The average molecular weight is 328 g/mol. The van der Waals surface area contributed by atoms with E-state index in [1.165, 1.54) is 6.42 Å². The SMILES string of the molecule is O=C([C@@H]1OCC(=O)N(C2CC2)[C@H]1c1ccccc1)N1CCCCC1. The number of amides is 2. The monoisotopic (exact) mass is 328 g/mol. The van der Waals surface area contributed by atoms with Crippen LogP contribution in [0.1, 0.15) is 43.7 Å². The van der Waals surface area contributed by atoms with E-state index in [2.05, 4.69) is 0 Å². The van der Waals surface area contributed by atoms with Crippen molar-refractivity contribution in [3.8, 4) is 0 Å². The van der Waals surface area contributed by atoms with Crippen molar-refractivity contribution in [2.75, 3.05) is 19.7 Å². The van der Waals surface area contributed by atoms with Crippen LogP contribution in [0.15, 0.2) is 30.3 Å². The van der Waals surface area contributed by atoms with Crippen molar-refractivity contribution in [1.29, 1.82) is 0 Å². The minimum absolute atomic E-state index is 0.00838. The highest BCUT2D eigenvalue weighted by Crippen LogP contribution is 2.40. The Balaban J connectivity index is 1.65. The maximum Gasteiger partial charge on any atom is 0.254 e. The molecule has 2 aliphatic heterocycles. The van der Waals surface area contributed by atoms with E-state index in [1.807, 2.05) is 40.1 Å². The topological polar surface area (TPSA) is 49.9 Å². The molecule has 0 bridgehead atoms. The van der Waals surface area contributed by atoms with Gasteiger partial charge in [0.2, 0.25) is 5.91 Å². The molecule has 2 saturated heterocycles. The van der Waals surface area contributed by atoms with Crippen LogP contribution in [0.4, 0.5) is 0 Å². The lowest BCUT2D eigenvalue weighted by Crippen LogP contribution is -2.56. The molecule has 0 spiro atoms. The lowest BCUT2D eigenvalue weighted by molar-refractivity contribution is -0.170. The van der Waals surface area contributed by atoms with E-state index in [9.17, 15) is 9.59 Å². The van der Waals surface area contributed by atoms with Gasteiger partial charge >= 0.3 is 0 Å². The lowest BCUT2D eigenvalue weighted by Gasteiger charge is -2.42. The molecule has 3 aliphatic rings. The van der Waals surface area contributed by atoms with Crippen LogP contribution in [0.5, 0.6) is 0 Å². The molecule has 2 heterocycles. The van der Waals surface area contributed by atoms with E-state index in [1.54, 1.807) is 0 Å². The van der Waals surface area contributed by atoms with Crippen LogP contribution in [0.3, 0.4) is 0 Å². The largest absolute Gasteiger partial charge is 0.356 e. The van der Waals surface area contributed by atoms with Crippen molar-refractivity contribution in [2.45, 2.75) is 50.3 Å². The van der Waals surface area contributed by atoms with Crippen LogP contribution in [-0.2, 0) is 14.3 Å². The Morgan fingerprint density at radius 1 is 1.04 bits per heavy atom. The molecule has 4 rings (SSSR count). The number of carbonyl (C=O) groups is 2. The van der Waals surface area contributed by atoms with Gasteiger partial charge in [-0.2, -0.15) is 0 Å². The van der Waals surface area contributed by atoms with Gasteiger partial charge in [0, 0.05) is 19.1 Å². The summed E-state index contributed by atoms with van der Waals surface area (Å²) < 4.78 is 5.80. The smallest absolute Gasteiger partial charge is 0.254 e. The molecule has 1 aliphatic carbocycles. The molecule has 128 valence electrons. The lowest BCUT2D eigenvalue weighted by atomic mass is 9.96. The molecule has 0 aromatic heterocycles. The molecule has 3 fully saturated rings. The number of benzene rings is 1. The van der Waals surface area contributed by atoms with Crippen LogP contribution in [0.2, 0.25) is 0 Å². The van der Waals surface area contributed by atoms with Gasteiger partial charge in [-0.15, -0.1) is 0 Å². The molecule has 5 heteroatoms. The fourth-order valence-electron chi connectivity index (χ4n) is 3.90. The second-order valence-electron chi connectivity index (χ2n) is 7.01. The molecule has 2 atom stereocenters. The van der Waals surface area contributed by atoms with Gasteiger partial charge < -0.3 is 14.5 Å². The molecule has 2 amide bonds. The van der Waals surface area contributed by atoms with Crippen LogP contribution in [-0.4, -0.2) is 53.5 Å². The number of nitrogens with zero attached hydrogens (tertiary/aromatic N) is 2. The minimum Gasteiger partial charge on any atom is -0.356 e. The highest BCUT2D eigenvalue weighted by molar-refractivity contribution is 5.87. The Kier molecular flexibility index (Phi) is 4.27. The van der Waals surface area contributed by atoms with Crippen molar-refractivity contribution in [1.82, 2.24) is 9.80 Å². The van der Waals surface area contributed by atoms with E-state index in [0.717, 1.165) is 44.3 Å². The quantitative estimate of drug-likeness (QED) is 0.854. The third-order valence-corrected chi connectivity index (χ3v) is 5.25. The first-order valence-electron chi connectivity index (χ1n) is 9.02. The first-order valence-corrected chi connectivity index (χ1v) is 9.02. The molecule has 1 aromatic rings.